The molecule has 6 heteroatoms. The summed E-state index contributed by atoms with van der Waals surface area (Å²) in [6.45, 7) is 16.8. The van der Waals surface area contributed by atoms with Gasteiger partial charge in [-0.25, -0.2) is 0 Å². The summed E-state index contributed by atoms with van der Waals surface area (Å²) in [6, 6.07) is 6.19. The largest absolute Gasteiger partial charge is 0.379 e. The molecule has 2 saturated heterocycles. The predicted molar refractivity (Wildman–Crippen MR) is 140 cm³/mol. The molecule has 34 heavy (non-hydrogen) atoms. The van der Waals surface area contributed by atoms with E-state index in [0.717, 1.165) is 51.0 Å². The molecule has 0 atom stereocenters. The van der Waals surface area contributed by atoms with E-state index in [9.17, 15) is 0 Å². The summed E-state index contributed by atoms with van der Waals surface area (Å²) in [5.74, 6) is 0.602. The van der Waals surface area contributed by atoms with Crippen LogP contribution in [0.5, 0.6) is 0 Å². The van der Waals surface area contributed by atoms with Gasteiger partial charge in [-0.3, -0.25) is 19.7 Å². The number of morpholine rings is 1. The fourth-order valence-electron chi connectivity index (χ4n) is 6.51. The Morgan fingerprint density at radius 2 is 1.68 bits per heavy atom. The van der Waals surface area contributed by atoms with E-state index in [4.69, 9.17) is 9.72 Å². The molecule has 0 spiro atoms. The van der Waals surface area contributed by atoms with Gasteiger partial charge in [-0.2, -0.15) is 0 Å². The van der Waals surface area contributed by atoms with Gasteiger partial charge in [0.1, 0.15) is 0 Å². The van der Waals surface area contributed by atoms with E-state index < -0.39 is 0 Å². The Morgan fingerprint density at radius 1 is 0.971 bits per heavy atom. The first-order valence-corrected chi connectivity index (χ1v) is 13.7. The van der Waals surface area contributed by atoms with Crippen LogP contribution in [0.25, 0.3) is 10.9 Å². The number of ether oxygens (including phenoxy) is 1. The van der Waals surface area contributed by atoms with E-state index >= 15 is 0 Å². The molecule has 4 heterocycles. The first-order valence-electron chi connectivity index (χ1n) is 13.7. The van der Waals surface area contributed by atoms with Crippen LogP contribution in [0.4, 0.5) is 0 Å². The molecule has 3 fully saturated rings. The number of rotatable bonds is 6. The van der Waals surface area contributed by atoms with Crippen molar-refractivity contribution in [2.75, 3.05) is 59.0 Å². The van der Waals surface area contributed by atoms with E-state index in [1.165, 1.54) is 74.2 Å². The van der Waals surface area contributed by atoms with Crippen molar-refractivity contribution < 1.29 is 4.74 Å². The smallest absolute Gasteiger partial charge is 0.0594 e. The highest BCUT2D eigenvalue weighted by atomic mass is 16.5. The van der Waals surface area contributed by atoms with Gasteiger partial charge in [0.05, 0.1) is 24.4 Å². The molecule has 1 aliphatic carbocycles. The SMILES string of the molecule is Cc1cc2c(cc(CCN3CCOCC3)n2C)c([C@H]2CC[C@H](N3CCN(C(C)C)CC3)CC2)n1. The number of aryl methyl sites for hydroxylation is 2. The minimum Gasteiger partial charge on any atom is -0.379 e. The van der Waals surface area contributed by atoms with Gasteiger partial charge >= 0.3 is 0 Å². The highest BCUT2D eigenvalue weighted by Gasteiger charge is 2.31. The van der Waals surface area contributed by atoms with Gasteiger partial charge in [-0.15, -0.1) is 0 Å². The highest BCUT2D eigenvalue weighted by molar-refractivity contribution is 5.84. The number of aromatic nitrogens is 2. The molecule has 0 radical (unpaired) electrons. The van der Waals surface area contributed by atoms with Crippen LogP contribution in [0.15, 0.2) is 12.1 Å². The van der Waals surface area contributed by atoms with Crippen molar-refractivity contribution in [2.45, 2.75) is 70.9 Å². The van der Waals surface area contributed by atoms with Crippen molar-refractivity contribution in [1.29, 1.82) is 0 Å². The number of hydrogen-bond donors (Lipinski definition) is 0. The average molecular weight is 468 g/mol. The lowest BCUT2D eigenvalue weighted by Gasteiger charge is -2.43. The molecule has 0 bridgehead atoms. The lowest BCUT2D eigenvalue weighted by atomic mass is 9.82. The molecular weight excluding hydrogens is 422 g/mol. The van der Waals surface area contributed by atoms with Gasteiger partial charge in [0.15, 0.2) is 0 Å². The molecule has 3 aliphatic rings. The Morgan fingerprint density at radius 3 is 2.35 bits per heavy atom. The molecule has 0 amide bonds. The third-order valence-corrected chi connectivity index (χ3v) is 8.76. The van der Waals surface area contributed by atoms with E-state index in [2.05, 4.69) is 59.2 Å². The second-order valence-corrected chi connectivity index (χ2v) is 11.2. The topological polar surface area (TPSA) is 36.8 Å². The number of nitrogens with zero attached hydrogens (tertiary/aromatic N) is 5. The van der Waals surface area contributed by atoms with E-state index in [1.807, 2.05) is 0 Å². The molecule has 188 valence electrons. The number of piperazine rings is 1. The summed E-state index contributed by atoms with van der Waals surface area (Å²) in [5.41, 5.74) is 5.33. The van der Waals surface area contributed by atoms with Crippen LogP contribution in [0.1, 0.15) is 62.5 Å². The second kappa shape index (κ2) is 10.7. The molecule has 0 unspecified atom stereocenters. The molecule has 6 nitrogen and oxygen atoms in total. The quantitative estimate of drug-likeness (QED) is 0.646. The normalized spacial score (nSPS) is 26.0. The Labute approximate surface area is 206 Å². The highest BCUT2D eigenvalue weighted by Crippen LogP contribution is 2.38. The monoisotopic (exact) mass is 467 g/mol. The van der Waals surface area contributed by atoms with Crippen molar-refractivity contribution in [3.63, 3.8) is 0 Å². The fraction of sp³-hybridized carbons (Fsp3) is 0.750. The molecule has 1 saturated carbocycles. The summed E-state index contributed by atoms with van der Waals surface area (Å²) >= 11 is 0. The van der Waals surface area contributed by atoms with Crippen LogP contribution in [-0.4, -0.2) is 95.4 Å². The molecule has 5 rings (SSSR count). The number of fused-ring (bicyclic) bond motifs is 1. The van der Waals surface area contributed by atoms with Crippen LogP contribution < -0.4 is 0 Å². The summed E-state index contributed by atoms with van der Waals surface area (Å²) in [5, 5.41) is 1.40. The summed E-state index contributed by atoms with van der Waals surface area (Å²) in [6.07, 6.45) is 6.29. The van der Waals surface area contributed by atoms with E-state index in [-0.39, 0.29) is 0 Å². The molecular formula is C28H45N5O. The van der Waals surface area contributed by atoms with Crippen LogP contribution in [0, 0.1) is 6.92 Å². The lowest BCUT2D eigenvalue weighted by molar-refractivity contribution is 0.0383. The van der Waals surface area contributed by atoms with Crippen molar-refractivity contribution in [3.05, 3.63) is 29.2 Å². The zero-order chi connectivity index (χ0) is 23.7. The molecule has 2 aromatic heterocycles. The third-order valence-electron chi connectivity index (χ3n) is 8.76. The minimum atomic E-state index is 0.602. The van der Waals surface area contributed by atoms with Gasteiger partial charge in [0.2, 0.25) is 0 Å². The van der Waals surface area contributed by atoms with E-state index in [1.54, 1.807) is 0 Å². The van der Waals surface area contributed by atoms with Gasteiger partial charge in [0, 0.05) is 94.1 Å². The maximum absolute atomic E-state index is 5.52. The Hall–Kier alpha value is -1.47. The Kier molecular flexibility index (Phi) is 7.59. The van der Waals surface area contributed by atoms with Crippen LogP contribution in [0.2, 0.25) is 0 Å². The van der Waals surface area contributed by atoms with Crippen LogP contribution in [-0.2, 0) is 18.2 Å². The predicted octanol–water partition coefficient (Wildman–Crippen LogP) is 3.81. The van der Waals surface area contributed by atoms with Crippen molar-refractivity contribution in [2.24, 2.45) is 7.05 Å². The Bertz CT molecular complexity index is 947. The molecule has 0 N–H and O–H groups in total. The minimum absolute atomic E-state index is 0.602. The number of pyridine rings is 1. The average Bonchev–Trinajstić information content (AvgIpc) is 3.18. The zero-order valence-electron chi connectivity index (χ0n) is 21.9. The first kappa shape index (κ1) is 24.2. The molecule has 0 aromatic carbocycles. The molecule has 2 aromatic rings. The zero-order valence-corrected chi connectivity index (χ0v) is 21.9. The van der Waals surface area contributed by atoms with Gasteiger partial charge in [-0.1, -0.05) is 0 Å². The Balaban J connectivity index is 1.25. The van der Waals surface area contributed by atoms with Gasteiger partial charge in [-0.05, 0) is 58.6 Å². The third kappa shape index (κ3) is 5.20. The summed E-state index contributed by atoms with van der Waals surface area (Å²) in [4.78, 5) is 13.1. The first-order chi connectivity index (χ1) is 16.5. The van der Waals surface area contributed by atoms with Gasteiger partial charge < -0.3 is 9.30 Å². The van der Waals surface area contributed by atoms with Gasteiger partial charge in [0.25, 0.3) is 0 Å². The maximum Gasteiger partial charge on any atom is 0.0594 e. The molecule has 2 aliphatic heterocycles. The summed E-state index contributed by atoms with van der Waals surface area (Å²) < 4.78 is 7.94. The van der Waals surface area contributed by atoms with Crippen molar-refractivity contribution >= 4 is 10.9 Å². The fourth-order valence-corrected chi connectivity index (χ4v) is 6.51. The van der Waals surface area contributed by atoms with Crippen LogP contribution in [0.3, 0.4) is 0 Å². The van der Waals surface area contributed by atoms with Crippen LogP contribution >= 0.6 is 0 Å². The lowest BCUT2D eigenvalue weighted by Crippen LogP contribution is -2.52. The maximum atomic E-state index is 5.52. The summed E-state index contributed by atoms with van der Waals surface area (Å²) in [7, 11) is 2.24. The van der Waals surface area contributed by atoms with Crippen molar-refractivity contribution in [3.8, 4) is 0 Å². The van der Waals surface area contributed by atoms with E-state index in [0.29, 0.717) is 12.0 Å². The second-order valence-electron chi connectivity index (χ2n) is 11.2. The standard InChI is InChI=1S/C28H45N5O/c1-21(2)32-11-13-33(14-12-32)24-7-5-23(6-8-24)28-26-20-25(9-10-31-15-17-34-18-16-31)30(4)27(26)19-22(3)29-28/h19-21,23-24H,5-18H2,1-4H3/t23-,24-. The number of hydrogen-bond acceptors (Lipinski definition) is 5. The van der Waals surface area contributed by atoms with Crippen molar-refractivity contribution in [1.82, 2.24) is 24.3 Å².